The summed E-state index contributed by atoms with van der Waals surface area (Å²) in [7, 11) is 1.17. The first-order valence-corrected chi connectivity index (χ1v) is 4.25. The lowest BCUT2D eigenvalue weighted by Gasteiger charge is -1.92. The first-order chi connectivity index (χ1) is 4.43. The molecule has 0 aliphatic heterocycles. The van der Waals surface area contributed by atoms with Crippen molar-refractivity contribution in [3.05, 3.63) is 36.1 Å². The second-order valence-corrected chi connectivity index (χ2v) is 2.79. The molecule has 0 amide bonds. The first-order valence-electron chi connectivity index (χ1n) is 3.10. The highest BCUT2D eigenvalue weighted by molar-refractivity contribution is 6.14. The van der Waals surface area contributed by atoms with Gasteiger partial charge in [-0.3, -0.25) is 4.98 Å². The molecule has 0 N–H and O–H groups in total. The fourth-order valence-electron chi connectivity index (χ4n) is 0.755. The maximum absolute atomic E-state index is 4.00. The van der Waals surface area contributed by atoms with Gasteiger partial charge < -0.3 is 0 Å². The van der Waals surface area contributed by atoms with E-state index in [0.717, 1.165) is 6.42 Å². The Kier molecular flexibility index (Phi) is 2.45. The van der Waals surface area contributed by atoms with E-state index in [1.165, 1.54) is 15.8 Å². The molecule has 2 heteroatoms. The van der Waals surface area contributed by atoms with Crippen LogP contribution >= 0.6 is 0 Å². The second kappa shape index (κ2) is 3.40. The summed E-state index contributed by atoms with van der Waals surface area (Å²) in [5.41, 5.74) is 1.31. The molecule has 0 saturated carbocycles. The molecule has 0 aromatic carbocycles. The summed E-state index contributed by atoms with van der Waals surface area (Å²) in [4.78, 5) is 4.00. The number of pyridine rings is 1. The average Bonchev–Trinajstić information content (AvgIpc) is 1.91. The summed E-state index contributed by atoms with van der Waals surface area (Å²) in [6.07, 6.45) is 4.80. The van der Waals surface area contributed by atoms with Gasteiger partial charge in [0.25, 0.3) is 0 Å². The van der Waals surface area contributed by atoms with E-state index < -0.39 is 0 Å². The number of aromatic nitrogens is 1. The lowest BCUT2D eigenvalue weighted by atomic mass is 10.2. The normalized spacial score (nSPS) is 9.78. The average molecular weight is 136 g/mol. The number of hydrogen-bond acceptors (Lipinski definition) is 1. The summed E-state index contributed by atoms with van der Waals surface area (Å²) < 4.78 is 0. The fourth-order valence-corrected chi connectivity index (χ4v) is 1.23. The molecule has 0 bridgehead atoms. The highest BCUT2D eigenvalue weighted by Crippen LogP contribution is 1.96. The minimum absolute atomic E-state index is 1.08. The van der Waals surface area contributed by atoms with Crippen LogP contribution in [-0.4, -0.2) is 15.2 Å². The molecule has 47 valence electrons. The molecule has 0 saturated heterocycles. The largest absolute Gasteiger partial charge is 0.264 e. The van der Waals surface area contributed by atoms with Crippen molar-refractivity contribution in [3.63, 3.8) is 0 Å². The molecular weight excluding hydrogens is 126 g/mol. The zero-order chi connectivity index (χ0) is 6.53. The molecule has 1 aromatic heterocycles. The highest BCUT2D eigenvalue weighted by Gasteiger charge is 1.85. The maximum atomic E-state index is 4.00. The van der Waals surface area contributed by atoms with Crippen molar-refractivity contribution in [2.75, 3.05) is 0 Å². The topological polar surface area (TPSA) is 12.9 Å². The van der Waals surface area contributed by atoms with E-state index >= 15 is 0 Å². The zero-order valence-electron chi connectivity index (χ0n) is 5.54. The third-order valence-corrected chi connectivity index (χ3v) is 1.57. The van der Waals surface area contributed by atoms with Crippen molar-refractivity contribution in [3.8, 4) is 0 Å². The Hall–Kier alpha value is -0.633. The predicted molar refractivity (Wildman–Crippen MR) is 42.2 cm³/mol. The summed E-state index contributed by atoms with van der Waals surface area (Å²) in [5, 5.41) is 0. The van der Waals surface area contributed by atoms with Crippen LogP contribution in [-0.2, 0) is 6.42 Å². The van der Waals surface area contributed by atoms with Gasteiger partial charge in [-0.05, 0) is 18.1 Å². The molecule has 0 unspecified atom stereocenters. The Bertz CT molecular complexity index is 162. The highest BCUT2D eigenvalue weighted by atomic mass is 28.1. The van der Waals surface area contributed by atoms with E-state index in [-0.39, 0.29) is 0 Å². The summed E-state index contributed by atoms with van der Waals surface area (Å²) in [6.45, 7) is 0. The van der Waals surface area contributed by atoms with Gasteiger partial charge in [0.05, 0.1) is 0 Å². The lowest BCUT2D eigenvalue weighted by molar-refractivity contribution is 1.17. The van der Waals surface area contributed by atoms with Crippen LogP contribution in [0.1, 0.15) is 5.56 Å². The number of nitrogens with zero attached hydrogens (tertiary/aromatic N) is 1. The zero-order valence-corrected chi connectivity index (χ0v) is 7.54. The van der Waals surface area contributed by atoms with Crippen molar-refractivity contribution >= 4 is 10.2 Å². The van der Waals surface area contributed by atoms with Crippen molar-refractivity contribution in [2.45, 2.75) is 6.42 Å². The van der Waals surface area contributed by atoms with Gasteiger partial charge in [0.15, 0.2) is 0 Å². The third-order valence-electron chi connectivity index (χ3n) is 1.16. The Balaban J connectivity index is 2.61. The Morgan fingerprint density at radius 3 is 3.11 bits per heavy atom. The van der Waals surface area contributed by atoms with Gasteiger partial charge in [-0.2, -0.15) is 0 Å². The van der Waals surface area contributed by atoms with Gasteiger partial charge in [0, 0.05) is 22.6 Å². The molecule has 1 rings (SSSR count). The van der Waals surface area contributed by atoms with E-state index in [9.17, 15) is 0 Å². The van der Waals surface area contributed by atoms with Crippen molar-refractivity contribution < 1.29 is 0 Å². The third kappa shape index (κ3) is 1.97. The van der Waals surface area contributed by atoms with E-state index in [1.807, 2.05) is 12.3 Å². The van der Waals surface area contributed by atoms with Gasteiger partial charge in [-0.15, -0.1) is 0 Å². The molecule has 1 nitrogen and oxygen atoms in total. The molecule has 0 spiro atoms. The minimum atomic E-state index is 1.08. The van der Waals surface area contributed by atoms with Gasteiger partial charge in [-0.1, -0.05) is 12.1 Å². The Morgan fingerprint density at radius 1 is 1.67 bits per heavy atom. The van der Waals surface area contributed by atoms with Gasteiger partial charge >= 0.3 is 0 Å². The van der Waals surface area contributed by atoms with Crippen LogP contribution < -0.4 is 0 Å². The van der Waals surface area contributed by atoms with Crippen molar-refractivity contribution in [2.24, 2.45) is 0 Å². The molecule has 9 heavy (non-hydrogen) atoms. The Labute approximate surface area is 58.6 Å². The maximum Gasteiger partial charge on any atom is 0.0299 e. The quantitative estimate of drug-likeness (QED) is 0.527. The predicted octanol–water partition coefficient (Wildman–Crippen LogP) is 0.151. The molecule has 1 aromatic rings. The van der Waals surface area contributed by atoms with Gasteiger partial charge in [-0.25, -0.2) is 0 Å². The van der Waals surface area contributed by atoms with Crippen LogP contribution in [0.25, 0.3) is 0 Å². The van der Waals surface area contributed by atoms with E-state index in [1.54, 1.807) is 6.20 Å². The summed E-state index contributed by atoms with van der Waals surface area (Å²) in [6, 6.07) is 6.33. The van der Waals surface area contributed by atoms with Crippen LogP contribution in [0.3, 0.4) is 0 Å². The van der Waals surface area contributed by atoms with E-state index in [0.29, 0.717) is 0 Å². The molecule has 1 heterocycles. The molecule has 0 aliphatic rings. The Morgan fingerprint density at radius 2 is 2.56 bits per heavy atom. The molecule has 1 radical (unpaired) electrons. The second-order valence-electron chi connectivity index (χ2n) is 1.97. The van der Waals surface area contributed by atoms with Crippen LogP contribution in [0.5, 0.6) is 0 Å². The van der Waals surface area contributed by atoms with Gasteiger partial charge in [0.1, 0.15) is 0 Å². The SMILES string of the molecule is [SiH3][CH]Cc1cccnc1. The molecule has 0 atom stereocenters. The monoisotopic (exact) mass is 136 g/mol. The standard InChI is InChI=1S/C7H10NSi/c9-5-3-7-2-1-4-8-6-7/h1-2,4-6H,3H2,9H3. The van der Waals surface area contributed by atoms with Crippen molar-refractivity contribution in [1.29, 1.82) is 0 Å². The van der Waals surface area contributed by atoms with Gasteiger partial charge in [0.2, 0.25) is 0 Å². The van der Waals surface area contributed by atoms with Crippen LogP contribution in [0.4, 0.5) is 0 Å². The number of rotatable bonds is 2. The van der Waals surface area contributed by atoms with Crippen LogP contribution in [0.15, 0.2) is 24.5 Å². The fraction of sp³-hybridized carbons (Fsp3) is 0.143. The molecule has 0 fully saturated rings. The van der Waals surface area contributed by atoms with Crippen LogP contribution in [0, 0.1) is 6.04 Å². The summed E-state index contributed by atoms with van der Waals surface area (Å²) >= 11 is 0. The minimum Gasteiger partial charge on any atom is -0.264 e. The van der Waals surface area contributed by atoms with E-state index in [4.69, 9.17) is 0 Å². The summed E-state index contributed by atoms with van der Waals surface area (Å²) in [5.74, 6) is 0. The first kappa shape index (κ1) is 6.49. The molecular formula is C7H10NSi. The van der Waals surface area contributed by atoms with Crippen LogP contribution in [0.2, 0.25) is 0 Å². The van der Waals surface area contributed by atoms with E-state index in [2.05, 4.69) is 17.1 Å². The lowest BCUT2D eigenvalue weighted by Crippen LogP contribution is -1.84. The number of hydrogen-bond donors (Lipinski definition) is 0. The molecule has 0 aliphatic carbocycles. The smallest absolute Gasteiger partial charge is 0.0299 e. The van der Waals surface area contributed by atoms with Crippen molar-refractivity contribution in [1.82, 2.24) is 4.98 Å².